The summed E-state index contributed by atoms with van der Waals surface area (Å²) in [6.07, 6.45) is 3.13. The van der Waals surface area contributed by atoms with Gasteiger partial charge in [0, 0.05) is 29.2 Å². The van der Waals surface area contributed by atoms with Crippen molar-refractivity contribution < 1.29 is 5.11 Å². The van der Waals surface area contributed by atoms with E-state index in [-0.39, 0.29) is 5.90 Å². The van der Waals surface area contributed by atoms with Crippen molar-refractivity contribution in [1.82, 2.24) is 4.98 Å². The van der Waals surface area contributed by atoms with E-state index in [1.807, 2.05) is 60.8 Å². The molecule has 0 spiro atoms. The number of nitrogens with zero attached hydrogens (tertiary/aromatic N) is 1. The van der Waals surface area contributed by atoms with Crippen LogP contribution < -0.4 is 10.8 Å². The molecule has 3 aromatic rings. The van der Waals surface area contributed by atoms with E-state index in [0.29, 0.717) is 13.0 Å². The number of H-pyrrole nitrogens is 1. The molecule has 0 aliphatic carbocycles. The quantitative estimate of drug-likeness (QED) is 0.540. The monoisotopic (exact) mass is 320 g/mol. The normalized spacial score (nSPS) is 14.7. The first-order valence-electron chi connectivity index (χ1n) is 8.16. The standard InChI is InChI=1S/C20H23N3O/c1-20(21,13-16-14-23-18-10-6-5-9-17(16)18)19(24)22-12-11-15-7-3-2-4-8-15/h2-10,14,23H,11-13,21H2,1H3,(H,22,24)/p-1. The summed E-state index contributed by atoms with van der Waals surface area (Å²) in [7, 11) is 0. The van der Waals surface area contributed by atoms with Crippen molar-refractivity contribution in [3.63, 3.8) is 0 Å². The Morgan fingerprint density at radius 3 is 2.62 bits per heavy atom. The largest absolute Gasteiger partial charge is 0.861 e. The first-order chi connectivity index (χ1) is 11.6. The van der Waals surface area contributed by atoms with E-state index in [4.69, 9.17) is 5.73 Å². The molecule has 0 amide bonds. The van der Waals surface area contributed by atoms with Crippen LogP contribution >= 0.6 is 0 Å². The Balaban J connectivity index is 1.68. The number of rotatable bonds is 6. The van der Waals surface area contributed by atoms with Crippen LogP contribution in [-0.2, 0) is 12.8 Å². The van der Waals surface area contributed by atoms with Crippen molar-refractivity contribution in [2.24, 2.45) is 10.7 Å². The van der Waals surface area contributed by atoms with Gasteiger partial charge in [-0.05, 0) is 42.9 Å². The number of hydrogen-bond acceptors (Lipinski definition) is 3. The second-order valence-corrected chi connectivity index (χ2v) is 6.38. The maximum absolute atomic E-state index is 12.4. The van der Waals surface area contributed by atoms with Crippen LogP contribution in [0.3, 0.4) is 0 Å². The summed E-state index contributed by atoms with van der Waals surface area (Å²) in [5.41, 5.74) is 8.53. The molecule has 1 heterocycles. The van der Waals surface area contributed by atoms with E-state index >= 15 is 0 Å². The summed E-state index contributed by atoms with van der Waals surface area (Å²) in [6.45, 7) is 2.21. The zero-order valence-corrected chi connectivity index (χ0v) is 13.8. The Morgan fingerprint density at radius 2 is 1.83 bits per heavy atom. The minimum absolute atomic E-state index is 0.247. The smallest absolute Gasteiger partial charge is 0.0456 e. The molecule has 0 aliphatic heterocycles. The van der Waals surface area contributed by atoms with Crippen LogP contribution in [-0.4, -0.2) is 23.0 Å². The number of aliphatic imine (C=N–C) groups is 1. The van der Waals surface area contributed by atoms with Crippen molar-refractivity contribution >= 4 is 16.8 Å². The maximum atomic E-state index is 12.4. The van der Waals surface area contributed by atoms with Crippen LogP contribution in [0, 0.1) is 0 Å². The predicted molar refractivity (Wildman–Crippen MR) is 97.0 cm³/mol. The van der Waals surface area contributed by atoms with Crippen LogP contribution in [0.15, 0.2) is 65.8 Å². The van der Waals surface area contributed by atoms with Gasteiger partial charge >= 0.3 is 0 Å². The van der Waals surface area contributed by atoms with E-state index in [1.165, 1.54) is 5.56 Å². The first kappa shape index (κ1) is 16.3. The van der Waals surface area contributed by atoms with Crippen LogP contribution in [0.4, 0.5) is 0 Å². The molecular weight excluding hydrogens is 298 g/mol. The molecule has 3 N–H and O–H groups in total. The second kappa shape index (κ2) is 6.89. The van der Waals surface area contributed by atoms with Gasteiger partial charge in [-0.3, -0.25) is 0 Å². The Bertz CT molecular complexity index is 834. The van der Waals surface area contributed by atoms with Gasteiger partial charge in [-0.1, -0.05) is 48.5 Å². The Morgan fingerprint density at radius 1 is 1.12 bits per heavy atom. The molecule has 0 saturated heterocycles. The van der Waals surface area contributed by atoms with Gasteiger partial charge in [-0.25, -0.2) is 0 Å². The summed E-state index contributed by atoms with van der Waals surface area (Å²) in [5.74, 6) is -0.247. The Hall–Kier alpha value is -2.59. The fourth-order valence-corrected chi connectivity index (χ4v) is 2.86. The lowest BCUT2D eigenvalue weighted by Crippen LogP contribution is -2.53. The highest BCUT2D eigenvalue weighted by molar-refractivity contribution is 5.86. The highest BCUT2D eigenvalue weighted by atomic mass is 16.3. The summed E-state index contributed by atoms with van der Waals surface area (Å²) >= 11 is 0. The lowest BCUT2D eigenvalue weighted by Gasteiger charge is -2.30. The number of nitrogens with one attached hydrogen (secondary N) is 1. The van der Waals surface area contributed by atoms with Crippen LogP contribution in [0.25, 0.3) is 10.9 Å². The third kappa shape index (κ3) is 3.66. The molecular formula is C20H22N3O-. The molecule has 0 fully saturated rings. The van der Waals surface area contributed by atoms with Crippen molar-refractivity contribution in [3.05, 3.63) is 71.9 Å². The third-order valence-corrected chi connectivity index (χ3v) is 4.22. The minimum atomic E-state index is -0.998. The van der Waals surface area contributed by atoms with Gasteiger partial charge in [0.05, 0.1) is 0 Å². The van der Waals surface area contributed by atoms with E-state index in [9.17, 15) is 5.11 Å². The molecule has 0 bridgehead atoms. The van der Waals surface area contributed by atoms with Crippen LogP contribution in [0.2, 0.25) is 0 Å². The van der Waals surface area contributed by atoms with Gasteiger partial charge in [0.2, 0.25) is 0 Å². The third-order valence-electron chi connectivity index (χ3n) is 4.22. The van der Waals surface area contributed by atoms with Gasteiger partial charge in [-0.15, -0.1) is 0 Å². The van der Waals surface area contributed by atoms with Gasteiger partial charge in [0.1, 0.15) is 0 Å². The number of benzene rings is 2. The molecule has 0 saturated carbocycles. The average Bonchev–Trinajstić information content (AvgIpc) is 2.98. The summed E-state index contributed by atoms with van der Waals surface area (Å²) in [6, 6.07) is 18.0. The van der Waals surface area contributed by atoms with Gasteiger partial charge in [-0.2, -0.15) is 0 Å². The van der Waals surface area contributed by atoms with Crippen molar-refractivity contribution in [2.75, 3.05) is 6.54 Å². The first-order valence-corrected chi connectivity index (χ1v) is 8.16. The highest BCUT2D eigenvalue weighted by Gasteiger charge is 2.21. The average molecular weight is 320 g/mol. The van der Waals surface area contributed by atoms with E-state index < -0.39 is 5.54 Å². The molecule has 124 valence electrons. The lowest BCUT2D eigenvalue weighted by molar-refractivity contribution is -0.225. The zero-order valence-electron chi connectivity index (χ0n) is 13.8. The minimum Gasteiger partial charge on any atom is -0.861 e. The van der Waals surface area contributed by atoms with Crippen molar-refractivity contribution in [3.8, 4) is 0 Å². The molecule has 0 aliphatic rings. The molecule has 1 unspecified atom stereocenters. The lowest BCUT2D eigenvalue weighted by atomic mass is 9.93. The van der Waals surface area contributed by atoms with Crippen molar-refractivity contribution in [1.29, 1.82) is 0 Å². The number of nitrogens with two attached hydrogens (primary N) is 1. The van der Waals surface area contributed by atoms with Crippen LogP contribution in [0.1, 0.15) is 18.1 Å². The summed E-state index contributed by atoms with van der Waals surface area (Å²) in [4.78, 5) is 7.39. The molecule has 2 aromatic carbocycles. The SMILES string of the molecule is CC(N)(Cc1c[nH]c2ccccc12)C([O-])=NCCc1ccccc1. The highest BCUT2D eigenvalue weighted by Crippen LogP contribution is 2.21. The van der Waals surface area contributed by atoms with Gasteiger partial charge < -0.3 is 20.8 Å². The van der Waals surface area contributed by atoms with E-state index in [1.54, 1.807) is 6.92 Å². The van der Waals surface area contributed by atoms with Crippen LogP contribution in [0.5, 0.6) is 0 Å². The number of para-hydroxylation sites is 1. The molecule has 1 atom stereocenters. The molecule has 3 rings (SSSR count). The van der Waals surface area contributed by atoms with Gasteiger partial charge in [0.25, 0.3) is 0 Å². The fraction of sp³-hybridized carbons (Fsp3) is 0.250. The molecule has 4 nitrogen and oxygen atoms in total. The zero-order chi connectivity index (χ0) is 17.0. The van der Waals surface area contributed by atoms with E-state index in [0.717, 1.165) is 22.9 Å². The van der Waals surface area contributed by atoms with E-state index in [2.05, 4.69) is 9.98 Å². The topological polar surface area (TPSA) is 77.2 Å². The summed E-state index contributed by atoms with van der Waals surface area (Å²) < 4.78 is 0. The number of hydrogen-bond donors (Lipinski definition) is 2. The fourth-order valence-electron chi connectivity index (χ4n) is 2.86. The molecule has 4 heteroatoms. The van der Waals surface area contributed by atoms with Gasteiger partial charge in [0.15, 0.2) is 0 Å². The Labute approximate surface area is 142 Å². The molecule has 1 aromatic heterocycles. The molecule has 24 heavy (non-hydrogen) atoms. The Kier molecular flexibility index (Phi) is 4.67. The predicted octanol–water partition coefficient (Wildman–Crippen LogP) is 2.43. The number of fused-ring (bicyclic) bond motifs is 1. The maximum Gasteiger partial charge on any atom is 0.0456 e. The second-order valence-electron chi connectivity index (χ2n) is 6.38. The number of aromatic nitrogens is 1. The van der Waals surface area contributed by atoms with Crippen molar-refractivity contribution in [2.45, 2.75) is 25.3 Å². The summed E-state index contributed by atoms with van der Waals surface area (Å²) in [5, 5.41) is 13.5. The molecule has 0 radical (unpaired) electrons. The number of aromatic amines is 1.